The molecule has 0 saturated carbocycles. The van der Waals surface area contributed by atoms with Gasteiger partial charge in [-0.2, -0.15) is 5.10 Å². The van der Waals surface area contributed by atoms with Crippen molar-refractivity contribution in [3.05, 3.63) is 75.4 Å². The summed E-state index contributed by atoms with van der Waals surface area (Å²) in [6.07, 6.45) is 3.64. The Hall–Kier alpha value is -3.45. The first-order valence-corrected chi connectivity index (χ1v) is 10.9. The Labute approximate surface area is 185 Å². The van der Waals surface area contributed by atoms with Gasteiger partial charge in [0.15, 0.2) is 6.61 Å². The van der Waals surface area contributed by atoms with Crippen LogP contribution in [0.25, 0.3) is 11.3 Å². The van der Waals surface area contributed by atoms with Gasteiger partial charge in [-0.25, -0.2) is 4.68 Å². The quantitative estimate of drug-likeness (QED) is 0.478. The van der Waals surface area contributed by atoms with E-state index in [-0.39, 0.29) is 12.5 Å². The third kappa shape index (κ3) is 4.36. The standard InChI is InChI=1S/C24H24N4O2S/c1-5-8-25-24-28(26-12-19-16(3)9-15(2)10-17(19)4)21(14-31-24)18-6-7-22-20(11-18)27-23(29)13-30-22/h5-7,9-12,14H,1,8,13H2,2-4H3,(H,27,29). The van der Waals surface area contributed by atoms with Crippen molar-refractivity contribution < 1.29 is 9.53 Å². The largest absolute Gasteiger partial charge is 0.482 e. The van der Waals surface area contributed by atoms with E-state index >= 15 is 0 Å². The van der Waals surface area contributed by atoms with Crippen LogP contribution < -0.4 is 14.9 Å². The first kappa shape index (κ1) is 20.8. The van der Waals surface area contributed by atoms with Gasteiger partial charge in [-0.1, -0.05) is 23.8 Å². The molecule has 0 spiro atoms. The molecule has 1 aliphatic heterocycles. The van der Waals surface area contributed by atoms with Crippen molar-refractivity contribution in [3.63, 3.8) is 0 Å². The van der Waals surface area contributed by atoms with Crippen LogP contribution in [0.3, 0.4) is 0 Å². The number of nitrogens with one attached hydrogen (secondary N) is 1. The second-order valence-corrected chi connectivity index (χ2v) is 8.29. The molecule has 4 rings (SSSR count). The molecule has 1 amide bonds. The lowest BCUT2D eigenvalue weighted by atomic mass is 10.0. The molecule has 2 heterocycles. The molecule has 7 heteroatoms. The predicted molar refractivity (Wildman–Crippen MR) is 126 cm³/mol. The topological polar surface area (TPSA) is 68.0 Å². The third-order valence-electron chi connectivity index (χ3n) is 4.99. The summed E-state index contributed by atoms with van der Waals surface area (Å²) in [5, 5.41) is 9.68. The number of hydrogen-bond donors (Lipinski definition) is 1. The highest BCUT2D eigenvalue weighted by atomic mass is 32.1. The highest BCUT2D eigenvalue weighted by Gasteiger charge is 2.17. The van der Waals surface area contributed by atoms with Crippen molar-refractivity contribution in [1.82, 2.24) is 4.68 Å². The number of aryl methyl sites for hydroxylation is 3. The molecule has 3 aromatic rings. The van der Waals surface area contributed by atoms with Crippen molar-refractivity contribution in [2.75, 3.05) is 18.5 Å². The predicted octanol–water partition coefficient (Wildman–Crippen LogP) is 4.44. The second kappa shape index (κ2) is 8.73. The number of carbonyl (C=O) groups excluding carboxylic acids is 1. The number of amides is 1. The minimum Gasteiger partial charge on any atom is -0.482 e. The SMILES string of the molecule is C=CCN=c1scc(-c2ccc3c(c2)NC(=O)CO3)n1N=Cc1c(C)cc(C)cc1C. The van der Waals surface area contributed by atoms with Crippen molar-refractivity contribution >= 4 is 29.1 Å². The first-order valence-electron chi connectivity index (χ1n) is 9.97. The molecular formula is C24H24N4O2S. The van der Waals surface area contributed by atoms with Gasteiger partial charge in [-0.3, -0.25) is 9.79 Å². The molecule has 0 unspecified atom stereocenters. The Kier molecular flexibility index (Phi) is 5.86. The number of benzene rings is 2. The van der Waals surface area contributed by atoms with Crippen LogP contribution in [0.1, 0.15) is 22.3 Å². The number of carbonyl (C=O) groups is 1. The number of aromatic nitrogens is 1. The Balaban J connectivity index is 1.81. The molecule has 0 aliphatic carbocycles. The molecule has 0 atom stereocenters. The van der Waals surface area contributed by atoms with Crippen LogP contribution in [0.2, 0.25) is 0 Å². The zero-order valence-electron chi connectivity index (χ0n) is 17.8. The number of rotatable bonds is 5. The van der Waals surface area contributed by atoms with E-state index < -0.39 is 0 Å². The number of ether oxygens (including phenoxy) is 1. The van der Waals surface area contributed by atoms with E-state index in [1.54, 1.807) is 6.08 Å². The molecule has 0 fully saturated rings. The molecule has 0 radical (unpaired) electrons. The Morgan fingerprint density at radius 2 is 2.00 bits per heavy atom. The maximum absolute atomic E-state index is 11.7. The zero-order chi connectivity index (χ0) is 22.0. The van der Waals surface area contributed by atoms with Crippen LogP contribution >= 0.6 is 11.3 Å². The summed E-state index contributed by atoms with van der Waals surface area (Å²) in [4.78, 5) is 17.1. The van der Waals surface area contributed by atoms with Gasteiger partial charge in [0.05, 0.1) is 24.1 Å². The van der Waals surface area contributed by atoms with Gasteiger partial charge in [-0.05, 0) is 50.1 Å². The molecule has 2 aromatic carbocycles. The van der Waals surface area contributed by atoms with E-state index in [0.717, 1.165) is 21.6 Å². The number of hydrogen-bond acceptors (Lipinski definition) is 5. The normalized spacial score (nSPS) is 13.8. The van der Waals surface area contributed by atoms with Gasteiger partial charge in [0.2, 0.25) is 4.80 Å². The maximum Gasteiger partial charge on any atom is 0.262 e. The number of fused-ring (bicyclic) bond motifs is 1. The van der Waals surface area contributed by atoms with Crippen LogP contribution in [0.4, 0.5) is 5.69 Å². The Bertz CT molecular complexity index is 1240. The maximum atomic E-state index is 11.7. The highest BCUT2D eigenvalue weighted by molar-refractivity contribution is 7.07. The monoisotopic (exact) mass is 432 g/mol. The van der Waals surface area contributed by atoms with E-state index in [0.29, 0.717) is 18.0 Å². The second-order valence-electron chi connectivity index (χ2n) is 7.45. The van der Waals surface area contributed by atoms with Crippen LogP contribution in [0, 0.1) is 20.8 Å². The summed E-state index contributed by atoms with van der Waals surface area (Å²) >= 11 is 1.51. The molecule has 6 nitrogen and oxygen atoms in total. The summed E-state index contributed by atoms with van der Waals surface area (Å²) in [7, 11) is 0. The van der Waals surface area contributed by atoms with Gasteiger partial charge in [-0.15, -0.1) is 17.9 Å². The van der Waals surface area contributed by atoms with E-state index in [4.69, 9.17) is 9.84 Å². The fraction of sp³-hybridized carbons (Fsp3) is 0.208. The number of anilines is 1. The first-order chi connectivity index (χ1) is 15.0. The molecular weight excluding hydrogens is 408 g/mol. The van der Waals surface area contributed by atoms with Gasteiger partial charge in [0.25, 0.3) is 5.91 Å². The van der Waals surface area contributed by atoms with E-state index in [9.17, 15) is 4.79 Å². The van der Waals surface area contributed by atoms with Gasteiger partial charge in [0, 0.05) is 16.5 Å². The number of thiazole rings is 1. The Morgan fingerprint density at radius 1 is 1.23 bits per heavy atom. The lowest BCUT2D eigenvalue weighted by molar-refractivity contribution is -0.118. The van der Waals surface area contributed by atoms with Gasteiger partial charge in [0.1, 0.15) is 5.75 Å². The van der Waals surface area contributed by atoms with Crippen LogP contribution in [0.15, 0.2) is 58.5 Å². The molecule has 31 heavy (non-hydrogen) atoms. The average Bonchev–Trinajstić information content (AvgIpc) is 3.13. The minimum absolute atomic E-state index is 0.0366. The molecule has 1 aromatic heterocycles. The summed E-state index contributed by atoms with van der Waals surface area (Å²) < 4.78 is 7.31. The summed E-state index contributed by atoms with van der Waals surface area (Å²) in [6, 6.07) is 10.0. The zero-order valence-corrected chi connectivity index (χ0v) is 18.6. The molecule has 1 N–H and O–H groups in total. The fourth-order valence-electron chi connectivity index (χ4n) is 3.61. The third-order valence-corrected chi connectivity index (χ3v) is 5.84. The summed E-state index contributed by atoms with van der Waals surface area (Å²) in [5.74, 6) is 0.504. The lowest BCUT2D eigenvalue weighted by Gasteiger charge is -2.18. The lowest BCUT2D eigenvalue weighted by Crippen LogP contribution is -2.25. The van der Waals surface area contributed by atoms with Crippen molar-refractivity contribution in [2.24, 2.45) is 10.1 Å². The Morgan fingerprint density at radius 3 is 2.74 bits per heavy atom. The average molecular weight is 433 g/mol. The van der Waals surface area contributed by atoms with E-state index in [1.807, 2.05) is 34.5 Å². The van der Waals surface area contributed by atoms with Gasteiger partial charge >= 0.3 is 0 Å². The van der Waals surface area contributed by atoms with Crippen LogP contribution in [0.5, 0.6) is 5.75 Å². The molecule has 0 bridgehead atoms. The van der Waals surface area contributed by atoms with Crippen LogP contribution in [-0.4, -0.2) is 29.9 Å². The van der Waals surface area contributed by atoms with Crippen molar-refractivity contribution in [2.45, 2.75) is 20.8 Å². The van der Waals surface area contributed by atoms with Crippen LogP contribution in [-0.2, 0) is 4.79 Å². The number of nitrogens with zero attached hydrogens (tertiary/aromatic N) is 3. The van der Waals surface area contributed by atoms with E-state index in [1.165, 1.54) is 28.0 Å². The molecule has 1 aliphatic rings. The van der Waals surface area contributed by atoms with Gasteiger partial charge < -0.3 is 10.1 Å². The fourth-order valence-corrected chi connectivity index (χ4v) is 4.46. The minimum atomic E-state index is -0.159. The van der Waals surface area contributed by atoms with Crippen molar-refractivity contribution in [1.29, 1.82) is 0 Å². The summed E-state index contributed by atoms with van der Waals surface area (Å²) in [6.45, 7) is 10.6. The highest BCUT2D eigenvalue weighted by Crippen LogP contribution is 2.33. The van der Waals surface area contributed by atoms with Crippen molar-refractivity contribution in [3.8, 4) is 17.0 Å². The smallest absolute Gasteiger partial charge is 0.262 e. The van der Waals surface area contributed by atoms with E-state index in [2.05, 4.69) is 49.8 Å². The summed E-state index contributed by atoms with van der Waals surface area (Å²) in [5.41, 5.74) is 7.13. The molecule has 0 saturated heterocycles. The molecule has 158 valence electrons.